The van der Waals surface area contributed by atoms with E-state index in [1.54, 1.807) is 6.92 Å². The summed E-state index contributed by atoms with van der Waals surface area (Å²) in [6.45, 7) is 1.74. The highest BCUT2D eigenvalue weighted by atomic mass is 32.2. The molecule has 0 atom stereocenters. The molecule has 0 aromatic heterocycles. The van der Waals surface area contributed by atoms with E-state index in [9.17, 15) is 26.4 Å². The highest BCUT2D eigenvalue weighted by Crippen LogP contribution is 2.38. The maximum atomic E-state index is 13.4. The third kappa shape index (κ3) is 5.15. The molecule has 1 aliphatic rings. The number of carbonyl (C=O) groups is 1. The molecular weight excluding hydrogens is 443 g/mol. The van der Waals surface area contributed by atoms with Crippen molar-refractivity contribution in [2.24, 2.45) is 0 Å². The van der Waals surface area contributed by atoms with Gasteiger partial charge in [-0.15, -0.1) is 0 Å². The molecule has 172 valence electrons. The summed E-state index contributed by atoms with van der Waals surface area (Å²) in [6.07, 6.45) is 0.935. The number of rotatable bonds is 6. The van der Waals surface area contributed by atoms with Gasteiger partial charge in [0.2, 0.25) is 0 Å². The Morgan fingerprint density at radius 1 is 1.12 bits per heavy atom. The van der Waals surface area contributed by atoms with E-state index in [0.29, 0.717) is 24.0 Å². The summed E-state index contributed by atoms with van der Waals surface area (Å²) in [6, 6.07) is 7.21. The van der Waals surface area contributed by atoms with Crippen molar-refractivity contribution in [1.82, 2.24) is 0 Å². The van der Waals surface area contributed by atoms with Gasteiger partial charge in [-0.1, -0.05) is 25.1 Å². The van der Waals surface area contributed by atoms with Crippen LogP contribution in [0.5, 0.6) is 0 Å². The maximum absolute atomic E-state index is 13.4. The summed E-state index contributed by atoms with van der Waals surface area (Å²) >= 11 is 0. The number of aryl methyl sites for hydroxylation is 1. The van der Waals surface area contributed by atoms with Gasteiger partial charge in [-0.25, -0.2) is 13.2 Å². The van der Waals surface area contributed by atoms with E-state index in [-0.39, 0.29) is 16.1 Å². The first-order chi connectivity index (χ1) is 15.1. The number of hydrogen-bond acceptors (Lipinski definition) is 4. The number of ether oxygens (including phenoxy) is 1. The monoisotopic (exact) mass is 467 g/mol. The van der Waals surface area contributed by atoms with Crippen molar-refractivity contribution in [3.63, 3.8) is 0 Å². The Bertz CT molecular complexity index is 1150. The average molecular weight is 468 g/mol. The van der Waals surface area contributed by atoms with Gasteiger partial charge in [0.25, 0.3) is 10.0 Å². The predicted molar refractivity (Wildman–Crippen MR) is 116 cm³/mol. The average Bonchev–Trinajstić information content (AvgIpc) is 2.77. The van der Waals surface area contributed by atoms with Crippen molar-refractivity contribution in [2.45, 2.75) is 50.1 Å². The fraction of sp³-hybridized carbons (Fsp3) is 0.348. The molecule has 0 amide bonds. The zero-order valence-electron chi connectivity index (χ0n) is 17.8. The summed E-state index contributed by atoms with van der Waals surface area (Å²) in [5.41, 5.74) is 0.595. The van der Waals surface area contributed by atoms with Gasteiger partial charge in [0, 0.05) is 5.56 Å². The van der Waals surface area contributed by atoms with Crippen LogP contribution in [0.4, 0.5) is 18.9 Å². The van der Waals surface area contributed by atoms with E-state index in [0.717, 1.165) is 37.0 Å². The van der Waals surface area contributed by atoms with Crippen LogP contribution in [0.3, 0.4) is 0 Å². The van der Waals surface area contributed by atoms with Gasteiger partial charge in [0.15, 0.2) is 0 Å². The molecule has 3 rings (SSSR count). The first-order valence-electron chi connectivity index (χ1n) is 10.2. The molecule has 0 saturated carbocycles. The maximum Gasteiger partial charge on any atom is 0.416 e. The molecule has 0 bridgehead atoms. The van der Waals surface area contributed by atoms with Gasteiger partial charge in [-0.2, -0.15) is 13.2 Å². The zero-order valence-corrected chi connectivity index (χ0v) is 18.6. The summed E-state index contributed by atoms with van der Waals surface area (Å²) in [5.74, 6) is -0.712. The first kappa shape index (κ1) is 23.8. The number of halogens is 3. The molecule has 0 saturated heterocycles. The predicted octanol–water partition coefficient (Wildman–Crippen LogP) is 5.81. The Hall–Kier alpha value is -2.81. The van der Waals surface area contributed by atoms with Crippen molar-refractivity contribution in [2.75, 3.05) is 11.8 Å². The van der Waals surface area contributed by atoms with Crippen molar-refractivity contribution in [3.8, 4) is 0 Å². The SMILES string of the molecule is CCc1ccc(C(=O)OC)cc1S(=O)(=O)Nc1cc(C(F)(F)F)ccc1C1=CCCCC1. The molecule has 0 aliphatic heterocycles. The fourth-order valence-corrected chi connectivity index (χ4v) is 5.12. The van der Waals surface area contributed by atoms with Crippen molar-refractivity contribution < 1.29 is 31.1 Å². The Morgan fingerprint density at radius 2 is 1.88 bits per heavy atom. The van der Waals surface area contributed by atoms with Gasteiger partial charge in [-0.05, 0) is 67.5 Å². The molecule has 0 unspecified atom stereocenters. The van der Waals surface area contributed by atoms with Crippen LogP contribution in [-0.2, 0) is 27.4 Å². The topological polar surface area (TPSA) is 72.5 Å². The molecule has 0 spiro atoms. The van der Waals surface area contributed by atoms with Crippen molar-refractivity contribution >= 4 is 27.3 Å². The molecule has 0 heterocycles. The number of benzene rings is 2. The third-order valence-corrected chi connectivity index (χ3v) is 6.83. The largest absolute Gasteiger partial charge is 0.465 e. The number of sulfonamides is 1. The van der Waals surface area contributed by atoms with E-state index >= 15 is 0 Å². The van der Waals surface area contributed by atoms with Crippen LogP contribution >= 0.6 is 0 Å². The number of methoxy groups -OCH3 is 1. The molecule has 5 nitrogen and oxygen atoms in total. The smallest absolute Gasteiger partial charge is 0.416 e. The van der Waals surface area contributed by atoms with Crippen LogP contribution in [0.2, 0.25) is 0 Å². The summed E-state index contributed by atoms with van der Waals surface area (Å²) in [4.78, 5) is 11.7. The normalized spacial score (nSPS) is 14.6. The van der Waals surface area contributed by atoms with Crippen LogP contribution in [0.25, 0.3) is 5.57 Å². The van der Waals surface area contributed by atoms with Gasteiger partial charge >= 0.3 is 12.1 Å². The minimum atomic E-state index is -4.63. The van der Waals surface area contributed by atoms with Crippen LogP contribution in [-0.4, -0.2) is 21.5 Å². The Morgan fingerprint density at radius 3 is 2.47 bits per heavy atom. The Kier molecular flexibility index (Phi) is 6.97. The lowest BCUT2D eigenvalue weighted by Crippen LogP contribution is -2.18. The molecule has 1 aliphatic carbocycles. The van der Waals surface area contributed by atoms with Crippen LogP contribution < -0.4 is 4.72 Å². The Balaban J connectivity index is 2.12. The van der Waals surface area contributed by atoms with Crippen LogP contribution in [0.15, 0.2) is 47.4 Å². The number of carbonyl (C=O) groups excluding carboxylic acids is 1. The second kappa shape index (κ2) is 9.36. The lowest BCUT2D eigenvalue weighted by molar-refractivity contribution is -0.137. The molecular formula is C23H24F3NO4S. The van der Waals surface area contributed by atoms with E-state index in [1.807, 2.05) is 6.08 Å². The van der Waals surface area contributed by atoms with E-state index in [4.69, 9.17) is 0 Å². The Labute approximate surface area is 185 Å². The second-order valence-corrected chi connectivity index (χ2v) is 9.16. The molecule has 1 N–H and O–H groups in total. The van der Waals surface area contributed by atoms with Gasteiger partial charge in [-0.3, -0.25) is 4.72 Å². The summed E-state index contributed by atoms with van der Waals surface area (Å²) in [5, 5.41) is 0. The van der Waals surface area contributed by atoms with E-state index < -0.39 is 27.7 Å². The summed E-state index contributed by atoms with van der Waals surface area (Å²) < 4.78 is 73.6. The number of allylic oxidation sites excluding steroid dienone is 2. The second-order valence-electron chi connectivity index (χ2n) is 7.51. The van der Waals surface area contributed by atoms with Gasteiger partial charge < -0.3 is 4.74 Å². The lowest BCUT2D eigenvalue weighted by Gasteiger charge is -2.20. The summed E-state index contributed by atoms with van der Waals surface area (Å²) in [7, 11) is -3.12. The quantitative estimate of drug-likeness (QED) is 0.544. The van der Waals surface area contributed by atoms with Crippen molar-refractivity contribution in [1.29, 1.82) is 0 Å². The molecule has 2 aromatic carbocycles. The lowest BCUT2D eigenvalue weighted by atomic mass is 9.92. The first-order valence-corrected chi connectivity index (χ1v) is 11.7. The van der Waals surface area contributed by atoms with Crippen molar-refractivity contribution in [3.05, 3.63) is 64.7 Å². The zero-order chi connectivity index (χ0) is 23.5. The number of esters is 1. The molecule has 0 radical (unpaired) electrons. The molecule has 9 heteroatoms. The van der Waals surface area contributed by atoms with Gasteiger partial charge in [0.1, 0.15) is 0 Å². The third-order valence-electron chi connectivity index (χ3n) is 5.39. The number of alkyl halides is 3. The fourth-order valence-electron chi connectivity index (χ4n) is 3.71. The van der Waals surface area contributed by atoms with E-state index in [1.165, 1.54) is 31.4 Å². The molecule has 0 fully saturated rings. The van der Waals surface area contributed by atoms with Gasteiger partial charge in [0.05, 0.1) is 28.8 Å². The number of anilines is 1. The standard InChI is InChI=1S/C23H24F3NO4S/c1-3-15-9-10-17(22(28)31-2)13-21(15)32(29,30)27-20-14-18(23(24,25)26)11-12-19(20)16-7-5-4-6-8-16/h7,9-14,27H,3-6,8H2,1-2H3. The highest BCUT2D eigenvalue weighted by molar-refractivity contribution is 7.92. The van der Waals surface area contributed by atoms with Crippen LogP contribution in [0, 0.1) is 0 Å². The molecule has 32 heavy (non-hydrogen) atoms. The number of hydrogen-bond donors (Lipinski definition) is 1. The van der Waals surface area contributed by atoms with E-state index in [2.05, 4.69) is 9.46 Å². The van der Waals surface area contributed by atoms with Crippen LogP contribution in [0.1, 0.15) is 59.7 Å². The minimum absolute atomic E-state index is 0.0318. The molecule has 2 aromatic rings. The minimum Gasteiger partial charge on any atom is -0.465 e. The highest BCUT2D eigenvalue weighted by Gasteiger charge is 2.32. The number of nitrogens with one attached hydrogen (secondary N) is 1.